The number of aryl methyl sites for hydroxylation is 1. The van der Waals surface area contributed by atoms with Crippen molar-refractivity contribution in [3.8, 4) is 0 Å². The van der Waals surface area contributed by atoms with Gasteiger partial charge in [0.2, 0.25) is 0 Å². The molecular weight excluding hydrogens is 228 g/mol. The van der Waals surface area contributed by atoms with E-state index in [4.69, 9.17) is 0 Å². The van der Waals surface area contributed by atoms with Gasteiger partial charge in [-0.05, 0) is 24.0 Å². The molecule has 2 rings (SSSR count). The predicted octanol–water partition coefficient (Wildman–Crippen LogP) is 2.75. The number of hydrogen-bond acceptors (Lipinski definition) is 1. The van der Waals surface area contributed by atoms with Crippen LogP contribution in [0, 0.1) is 0 Å². The van der Waals surface area contributed by atoms with E-state index in [-0.39, 0.29) is 0 Å². The van der Waals surface area contributed by atoms with Crippen LogP contribution in [-0.2, 0) is 12.8 Å². The van der Waals surface area contributed by atoms with E-state index in [9.17, 15) is 4.79 Å². The van der Waals surface area contributed by atoms with E-state index in [0.29, 0.717) is 12.2 Å². The molecule has 0 heterocycles. The van der Waals surface area contributed by atoms with Gasteiger partial charge in [-0.15, -0.1) is 0 Å². The number of rotatable bonds is 2. The highest BCUT2D eigenvalue weighted by Crippen LogP contribution is 2.25. The maximum atomic E-state index is 11.4. The van der Waals surface area contributed by atoms with E-state index in [1.807, 2.05) is 12.1 Å². The highest BCUT2D eigenvalue weighted by atomic mass is 79.9. The Labute approximate surface area is 86.3 Å². The number of hydrogen-bond donors (Lipinski definition) is 0. The molecular formula is C11H11BrO. The zero-order valence-corrected chi connectivity index (χ0v) is 8.93. The lowest BCUT2D eigenvalue weighted by atomic mass is 10.0. The molecule has 13 heavy (non-hydrogen) atoms. The zero-order valence-electron chi connectivity index (χ0n) is 7.35. The summed E-state index contributed by atoms with van der Waals surface area (Å²) in [6.45, 7) is 0. The average Bonchev–Trinajstić information content (AvgIpc) is 2.50. The normalized spacial score (nSPS) is 14.7. The topological polar surface area (TPSA) is 17.1 Å². The number of alkyl halides is 1. The molecule has 68 valence electrons. The first-order valence-electron chi connectivity index (χ1n) is 4.53. The van der Waals surface area contributed by atoms with E-state index < -0.39 is 0 Å². The van der Waals surface area contributed by atoms with Gasteiger partial charge in [0.15, 0.2) is 5.78 Å². The summed E-state index contributed by atoms with van der Waals surface area (Å²) in [4.78, 5) is 11.4. The van der Waals surface area contributed by atoms with Gasteiger partial charge in [-0.1, -0.05) is 34.1 Å². The van der Waals surface area contributed by atoms with Crippen molar-refractivity contribution in [2.45, 2.75) is 19.3 Å². The Hall–Kier alpha value is -0.630. The Bertz CT molecular complexity index is 344. The second-order valence-electron chi connectivity index (χ2n) is 3.31. The van der Waals surface area contributed by atoms with Crippen LogP contribution in [0.3, 0.4) is 0 Å². The van der Waals surface area contributed by atoms with Crippen LogP contribution in [0.4, 0.5) is 0 Å². The highest BCUT2D eigenvalue weighted by Gasteiger charge is 2.20. The fourth-order valence-electron chi connectivity index (χ4n) is 1.90. The Balaban J connectivity index is 2.44. The molecule has 0 saturated carbocycles. The van der Waals surface area contributed by atoms with Crippen LogP contribution in [0.15, 0.2) is 18.2 Å². The third-order valence-corrected chi connectivity index (χ3v) is 2.94. The van der Waals surface area contributed by atoms with Gasteiger partial charge in [-0.3, -0.25) is 4.79 Å². The molecule has 0 saturated heterocycles. The molecule has 0 unspecified atom stereocenters. The first kappa shape index (κ1) is 8.95. The van der Waals surface area contributed by atoms with Gasteiger partial charge in [-0.2, -0.15) is 0 Å². The lowest BCUT2D eigenvalue weighted by Crippen LogP contribution is -1.95. The quantitative estimate of drug-likeness (QED) is 0.725. The minimum absolute atomic E-state index is 0.312. The van der Waals surface area contributed by atoms with Crippen LogP contribution in [-0.4, -0.2) is 11.1 Å². The monoisotopic (exact) mass is 238 g/mol. The van der Waals surface area contributed by atoms with Crippen molar-refractivity contribution in [3.05, 3.63) is 34.9 Å². The van der Waals surface area contributed by atoms with Crippen LogP contribution in [0.1, 0.15) is 27.9 Å². The summed E-state index contributed by atoms with van der Waals surface area (Å²) in [5, 5.41) is 0.970. The van der Waals surface area contributed by atoms with Gasteiger partial charge in [0.25, 0.3) is 0 Å². The van der Waals surface area contributed by atoms with Crippen LogP contribution in [0.5, 0.6) is 0 Å². The number of fused-ring (bicyclic) bond motifs is 1. The average molecular weight is 239 g/mol. The molecule has 0 amide bonds. The van der Waals surface area contributed by atoms with Gasteiger partial charge < -0.3 is 0 Å². The van der Waals surface area contributed by atoms with Crippen molar-refractivity contribution >= 4 is 21.7 Å². The SMILES string of the molecule is O=C1CCc2c(CCBr)cccc21. The maximum Gasteiger partial charge on any atom is 0.163 e. The number of halogens is 1. The number of benzene rings is 1. The van der Waals surface area contributed by atoms with Crippen molar-refractivity contribution < 1.29 is 4.79 Å². The minimum atomic E-state index is 0.312. The molecule has 1 aliphatic rings. The van der Waals surface area contributed by atoms with Crippen molar-refractivity contribution in [1.82, 2.24) is 0 Å². The van der Waals surface area contributed by atoms with E-state index in [1.54, 1.807) is 0 Å². The van der Waals surface area contributed by atoms with Gasteiger partial charge >= 0.3 is 0 Å². The third kappa shape index (κ3) is 1.55. The fraction of sp³-hybridized carbons (Fsp3) is 0.364. The highest BCUT2D eigenvalue weighted by molar-refractivity contribution is 9.09. The van der Waals surface area contributed by atoms with E-state index in [2.05, 4.69) is 22.0 Å². The number of carbonyl (C=O) groups is 1. The minimum Gasteiger partial charge on any atom is -0.294 e. The molecule has 0 aliphatic heterocycles. The Kier molecular flexibility index (Phi) is 2.49. The van der Waals surface area contributed by atoms with Crippen molar-refractivity contribution in [2.75, 3.05) is 5.33 Å². The Morgan fingerprint density at radius 3 is 2.92 bits per heavy atom. The number of Topliss-reactive ketones (excluding diaryl/α,β-unsaturated/α-hetero) is 1. The second kappa shape index (κ2) is 3.62. The second-order valence-corrected chi connectivity index (χ2v) is 4.10. The molecule has 0 radical (unpaired) electrons. The standard InChI is InChI=1S/C11H11BrO/c12-7-6-8-2-1-3-10-9(8)4-5-11(10)13/h1-3H,4-7H2. The van der Waals surface area contributed by atoms with Crippen LogP contribution in [0.2, 0.25) is 0 Å². The smallest absolute Gasteiger partial charge is 0.163 e. The van der Waals surface area contributed by atoms with Crippen LogP contribution < -0.4 is 0 Å². The van der Waals surface area contributed by atoms with E-state index in [1.165, 1.54) is 11.1 Å². The van der Waals surface area contributed by atoms with Crippen molar-refractivity contribution in [2.24, 2.45) is 0 Å². The first-order chi connectivity index (χ1) is 6.33. The van der Waals surface area contributed by atoms with Crippen LogP contribution >= 0.6 is 15.9 Å². The summed E-state index contributed by atoms with van der Waals surface area (Å²) < 4.78 is 0. The lowest BCUT2D eigenvalue weighted by Gasteiger charge is -2.04. The number of carbonyl (C=O) groups excluding carboxylic acids is 1. The summed E-state index contributed by atoms with van der Waals surface area (Å²) in [7, 11) is 0. The summed E-state index contributed by atoms with van der Waals surface area (Å²) in [6, 6.07) is 6.06. The third-order valence-electron chi connectivity index (χ3n) is 2.54. The molecule has 0 fully saturated rings. The maximum absolute atomic E-state index is 11.4. The Morgan fingerprint density at radius 2 is 2.15 bits per heavy atom. The fourth-order valence-corrected chi connectivity index (χ4v) is 2.33. The van der Waals surface area contributed by atoms with Gasteiger partial charge in [0.1, 0.15) is 0 Å². The molecule has 0 bridgehead atoms. The molecule has 0 atom stereocenters. The lowest BCUT2D eigenvalue weighted by molar-refractivity contribution is 0.0994. The molecule has 1 aliphatic carbocycles. The number of ketones is 1. The largest absolute Gasteiger partial charge is 0.294 e. The zero-order chi connectivity index (χ0) is 9.26. The summed E-state index contributed by atoms with van der Waals surface area (Å²) in [5.74, 6) is 0.312. The van der Waals surface area contributed by atoms with E-state index >= 15 is 0 Å². The molecule has 1 aromatic rings. The molecule has 2 heteroatoms. The molecule has 1 nitrogen and oxygen atoms in total. The molecule has 0 aromatic heterocycles. The van der Waals surface area contributed by atoms with Crippen LogP contribution in [0.25, 0.3) is 0 Å². The summed E-state index contributed by atoms with van der Waals surface area (Å²) in [6.07, 6.45) is 2.67. The predicted molar refractivity (Wildman–Crippen MR) is 56.6 cm³/mol. The van der Waals surface area contributed by atoms with E-state index in [0.717, 1.165) is 23.7 Å². The van der Waals surface area contributed by atoms with Gasteiger partial charge in [-0.25, -0.2) is 0 Å². The molecule has 0 spiro atoms. The summed E-state index contributed by atoms with van der Waals surface area (Å²) >= 11 is 3.42. The first-order valence-corrected chi connectivity index (χ1v) is 5.65. The Morgan fingerprint density at radius 1 is 1.31 bits per heavy atom. The summed E-state index contributed by atoms with van der Waals surface area (Å²) in [5.41, 5.74) is 3.57. The van der Waals surface area contributed by atoms with Crippen molar-refractivity contribution in [1.29, 1.82) is 0 Å². The molecule has 0 N–H and O–H groups in total. The van der Waals surface area contributed by atoms with Gasteiger partial charge in [0.05, 0.1) is 0 Å². The van der Waals surface area contributed by atoms with Gasteiger partial charge in [0, 0.05) is 17.3 Å². The molecule has 1 aromatic carbocycles. The van der Waals surface area contributed by atoms with Crippen molar-refractivity contribution in [3.63, 3.8) is 0 Å².